The van der Waals surface area contributed by atoms with Crippen LogP contribution in [0, 0.1) is 10.1 Å². The van der Waals surface area contributed by atoms with Gasteiger partial charge < -0.3 is 4.90 Å². The van der Waals surface area contributed by atoms with Crippen LogP contribution < -0.4 is 10.3 Å². The first kappa shape index (κ1) is 21.0. The molecule has 8 nitrogen and oxygen atoms in total. The minimum absolute atomic E-state index is 0.0619. The summed E-state index contributed by atoms with van der Waals surface area (Å²) in [6, 6.07) is 12.7. The number of carbonyl (C=O) groups is 1. The molecule has 0 saturated carbocycles. The van der Waals surface area contributed by atoms with Crippen LogP contribution in [0.15, 0.2) is 52.6 Å². The monoisotopic (exact) mass is 437 g/mol. The quantitative estimate of drug-likeness (QED) is 0.331. The summed E-state index contributed by atoms with van der Waals surface area (Å²) in [6.07, 6.45) is 0.853. The number of non-ortho nitro benzene ring substituents is 1. The van der Waals surface area contributed by atoms with Crippen molar-refractivity contribution >= 4 is 39.9 Å². The van der Waals surface area contributed by atoms with Gasteiger partial charge in [0.1, 0.15) is 5.84 Å². The molecular formula is C22H23N5O3S. The fourth-order valence-corrected chi connectivity index (χ4v) is 4.75. The number of nitrogens with one attached hydrogen (secondary N) is 1. The topological polar surface area (TPSA) is 100 Å². The van der Waals surface area contributed by atoms with Crippen molar-refractivity contribution in [3.63, 3.8) is 0 Å². The molecule has 0 aliphatic carbocycles. The number of benzene rings is 2. The van der Waals surface area contributed by atoms with Gasteiger partial charge in [0.15, 0.2) is 0 Å². The number of amidine groups is 1. The van der Waals surface area contributed by atoms with E-state index in [1.165, 1.54) is 29.5 Å². The predicted molar refractivity (Wildman–Crippen MR) is 124 cm³/mol. The first-order valence-corrected chi connectivity index (χ1v) is 10.9. The second-order valence-corrected chi connectivity index (χ2v) is 9.41. The van der Waals surface area contributed by atoms with E-state index in [4.69, 9.17) is 4.99 Å². The Morgan fingerprint density at radius 3 is 2.68 bits per heavy atom. The van der Waals surface area contributed by atoms with E-state index >= 15 is 0 Å². The molecule has 0 aromatic heterocycles. The van der Waals surface area contributed by atoms with Gasteiger partial charge in [-0.3, -0.25) is 19.9 Å². The molecule has 0 atom stereocenters. The predicted octanol–water partition coefficient (Wildman–Crippen LogP) is 4.36. The number of nitro benzene ring substituents is 1. The molecule has 1 amide bonds. The fourth-order valence-electron chi connectivity index (χ4n) is 3.93. The zero-order valence-electron chi connectivity index (χ0n) is 17.6. The number of aliphatic imine (C=N–C) groups is 1. The highest BCUT2D eigenvalue weighted by atomic mass is 32.2. The second-order valence-electron chi connectivity index (χ2n) is 7.82. The smallest absolute Gasteiger partial charge is 0.300 e. The Hall–Kier alpha value is -3.20. The Kier molecular flexibility index (Phi) is 5.53. The summed E-state index contributed by atoms with van der Waals surface area (Å²) in [5.74, 6) is 0.807. The number of hydrogen-bond donors (Lipinski definition) is 1. The summed E-state index contributed by atoms with van der Waals surface area (Å²) in [5, 5.41) is 15.2. The van der Waals surface area contributed by atoms with Crippen molar-refractivity contribution in [3.8, 4) is 0 Å². The van der Waals surface area contributed by atoms with Gasteiger partial charge >= 0.3 is 0 Å². The summed E-state index contributed by atoms with van der Waals surface area (Å²) < 4.78 is -0.414. The third-order valence-corrected chi connectivity index (χ3v) is 6.31. The highest BCUT2D eigenvalue weighted by Gasteiger charge is 2.35. The van der Waals surface area contributed by atoms with Crippen LogP contribution in [0.2, 0.25) is 0 Å². The Balaban J connectivity index is 1.67. The van der Waals surface area contributed by atoms with Crippen molar-refractivity contribution in [2.24, 2.45) is 10.1 Å². The number of anilines is 1. The molecule has 1 N–H and O–H groups in total. The fraction of sp³-hybridized carbons (Fsp3) is 0.318. The zero-order valence-corrected chi connectivity index (χ0v) is 18.4. The van der Waals surface area contributed by atoms with E-state index in [9.17, 15) is 14.9 Å². The highest BCUT2D eigenvalue weighted by Crippen LogP contribution is 2.36. The molecule has 2 aromatic rings. The van der Waals surface area contributed by atoms with Crippen molar-refractivity contribution in [1.82, 2.24) is 5.43 Å². The normalized spacial score (nSPS) is 17.8. The number of fused-ring (bicyclic) bond motifs is 1. The number of nitrogens with zero attached hydrogens (tertiary/aromatic N) is 4. The molecular weight excluding hydrogens is 414 g/mol. The molecule has 2 aliphatic heterocycles. The molecule has 0 saturated heterocycles. The maximum absolute atomic E-state index is 11.7. The Bertz CT molecular complexity index is 1110. The lowest BCUT2D eigenvalue weighted by Gasteiger charge is -2.29. The zero-order chi connectivity index (χ0) is 22.2. The molecule has 0 fully saturated rings. The van der Waals surface area contributed by atoms with E-state index in [1.807, 2.05) is 26.8 Å². The van der Waals surface area contributed by atoms with Crippen molar-refractivity contribution in [1.29, 1.82) is 0 Å². The average molecular weight is 438 g/mol. The van der Waals surface area contributed by atoms with Crippen LogP contribution >= 0.6 is 11.8 Å². The summed E-state index contributed by atoms with van der Waals surface area (Å²) in [7, 11) is 0. The van der Waals surface area contributed by atoms with Crippen molar-refractivity contribution in [2.45, 2.75) is 31.9 Å². The van der Waals surface area contributed by atoms with Crippen molar-refractivity contribution < 1.29 is 9.72 Å². The Morgan fingerprint density at radius 1 is 1.29 bits per heavy atom. The van der Waals surface area contributed by atoms with Gasteiger partial charge in [0.05, 0.1) is 15.4 Å². The molecule has 0 radical (unpaired) electrons. The number of hydrazone groups is 1. The van der Waals surface area contributed by atoms with Gasteiger partial charge in [-0.15, -0.1) is 0 Å². The van der Waals surface area contributed by atoms with Gasteiger partial charge in [-0.2, -0.15) is 5.10 Å². The number of nitro groups is 1. The molecule has 0 bridgehead atoms. The van der Waals surface area contributed by atoms with E-state index in [-0.39, 0.29) is 10.9 Å². The molecule has 4 rings (SSSR count). The maximum atomic E-state index is 11.7. The lowest BCUT2D eigenvalue weighted by molar-refractivity contribution is -0.384. The van der Waals surface area contributed by atoms with Gasteiger partial charge in [-0.1, -0.05) is 17.8 Å². The van der Waals surface area contributed by atoms with Crippen molar-refractivity contribution in [2.75, 3.05) is 18.0 Å². The highest BCUT2D eigenvalue weighted by molar-refractivity contribution is 8.15. The average Bonchev–Trinajstić information content (AvgIpc) is 3.14. The SMILES string of the molecule is CCN=C(c1ccc([N+](=O)[O-])cc1)N1CCc2cc(C3=NNC(=O)SC3(C)C)ccc21. The van der Waals surface area contributed by atoms with Gasteiger partial charge in [0.2, 0.25) is 0 Å². The summed E-state index contributed by atoms with van der Waals surface area (Å²) >= 11 is 1.23. The van der Waals surface area contributed by atoms with E-state index in [2.05, 4.69) is 27.6 Å². The Morgan fingerprint density at radius 2 is 2.03 bits per heavy atom. The molecule has 2 aromatic carbocycles. The summed E-state index contributed by atoms with van der Waals surface area (Å²) in [5.41, 5.74) is 7.56. The number of hydrogen-bond acceptors (Lipinski definition) is 6. The second kappa shape index (κ2) is 8.14. The van der Waals surface area contributed by atoms with E-state index in [0.717, 1.165) is 41.3 Å². The standard InChI is InChI=1S/C22H23N5O3S/c1-4-23-20(14-5-8-17(9-6-14)27(29)30)26-12-11-15-13-16(7-10-18(15)26)19-22(2,3)31-21(28)25-24-19/h5-10,13H,4,11-12H2,1-3H3,(H,25,28). The van der Waals surface area contributed by atoms with Crippen LogP contribution in [0.1, 0.15) is 37.5 Å². The first-order valence-electron chi connectivity index (χ1n) is 10.1. The van der Waals surface area contributed by atoms with Crippen LogP contribution in [-0.2, 0) is 6.42 Å². The van der Waals surface area contributed by atoms with Crippen LogP contribution in [0.4, 0.5) is 16.2 Å². The van der Waals surface area contributed by atoms with E-state index in [1.54, 1.807) is 12.1 Å². The van der Waals surface area contributed by atoms with Crippen LogP contribution in [0.5, 0.6) is 0 Å². The lowest BCUT2D eigenvalue weighted by atomic mass is 9.96. The lowest BCUT2D eigenvalue weighted by Crippen LogP contribution is -2.38. The number of rotatable bonds is 4. The van der Waals surface area contributed by atoms with E-state index in [0.29, 0.717) is 6.54 Å². The van der Waals surface area contributed by atoms with Gasteiger partial charge in [0.25, 0.3) is 10.9 Å². The third-order valence-electron chi connectivity index (χ3n) is 5.33. The molecule has 160 valence electrons. The Labute approximate surface area is 184 Å². The van der Waals surface area contributed by atoms with Crippen LogP contribution in [0.3, 0.4) is 0 Å². The number of amides is 1. The molecule has 2 heterocycles. The van der Waals surface area contributed by atoms with Crippen molar-refractivity contribution in [3.05, 3.63) is 69.3 Å². The third kappa shape index (κ3) is 4.05. The first-order chi connectivity index (χ1) is 14.8. The summed E-state index contributed by atoms with van der Waals surface area (Å²) in [6.45, 7) is 7.35. The minimum atomic E-state index is -0.414. The number of carbonyl (C=O) groups excluding carboxylic acids is 1. The molecule has 0 unspecified atom stereocenters. The molecule has 0 spiro atoms. The van der Waals surface area contributed by atoms with Gasteiger partial charge in [0, 0.05) is 36.5 Å². The molecule has 31 heavy (non-hydrogen) atoms. The molecule has 2 aliphatic rings. The maximum Gasteiger partial charge on any atom is 0.300 e. The molecule has 9 heteroatoms. The largest absolute Gasteiger partial charge is 0.326 e. The van der Waals surface area contributed by atoms with E-state index < -0.39 is 9.67 Å². The minimum Gasteiger partial charge on any atom is -0.326 e. The van der Waals surface area contributed by atoms with Crippen LogP contribution in [0.25, 0.3) is 0 Å². The van der Waals surface area contributed by atoms with Gasteiger partial charge in [-0.05, 0) is 62.6 Å². The summed E-state index contributed by atoms with van der Waals surface area (Å²) in [4.78, 5) is 29.1. The van der Waals surface area contributed by atoms with Crippen LogP contribution in [-0.4, -0.2) is 39.5 Å². The number of thioether (sulfide) groups is 1. The van der Waals surface area contributed by atoms with Gasteiger partial charge in [-0.25, -0.2) is 5.43 Å².